The van der Waals surface area contributed by atoms with E-state index in [-0.39, 0.29) is 28.7 Å². The third kappa shape index (κ3) is 6.34. The summed E-state index contributed by atoms with van der Waals surface area (Å²) < 4.78 is 56.3. The summed E-state index contributed by atoms with van der Waals surface area (Å²) in [6, 6.07) is 0. The standard InChI is InChI=1S/C14H26N2O3S.C2HF3O2/c1-10(2)7-16-8-12-11(14(17)15(3)4)5-6-20(18,19)13(12)9-16;3-2(4,5)1(6)7/h10-13H,5-9H2,1-4H3;(H,6,7)/t11-,12+,13+;/m0./s1. The number of carbonyl (C=O) groups excluding carboxylic acids is 1. The molecule has 0 aromatic rings. The highest BCUT2D eigenvalue weighted by Gasteiger charge is 2.50. The van der Waals surface area contributed by atoms with Gasteiger partial charge in [-0.25, -0.2) is 13.2 Å². The maximum Gasteiger partial charge on any atom is 0.490 e. The molecule has 0 unspecified atom stereocenters. The van der Waals surface area contributed by atoms with Crippen molar-refractivity contribution < 1.29 is 36.3 Å². The fourth-order valence-electron chi connectivity index (χ4n) is 3.61. The quantitative estimate of drug-likeness (QED) is 0.740. The second kappa shape index (κ2) is 8.76. The lowest BCUT2D eigenvalue weighted by molar-refractivity contribution is -0.192. The molecule has 2 rings (SSSR count). The van der Waals surface area contributed by atoms with E-state index >= 15 is 0 Å². The molecular formula is C16H27F3N2O5S. The van der Waals surface area contributed by atoms with Crippen LogP contribution in [0.3, 0.4) is 0 Å². The van der Waals surface area contributed by atoms with Gasteiger partial charge in [0.25, 0.3) is 0 Å². The maximum absolute atomic E-state index is 12.3. The Balaban J connectivity index is 0.000000445. The number of carboxylic acid groups (broad SMARTS) is 1. The van der Waals surface area contributed by atoms with Gasteiger partial charge in [-0.05, 0) is 12.3 Å². The Labute approximate surface area is 157 Å². The van der Waals surface area contributed by atoms with Crippen LogP contribution in [-0.2, 0) is 19.4 Å². The Bertz CT molecular complexity index is 649. The van der Waals surface area contributed by atoms with Gasteiger partial charge in [0, 0.05) is 45.6 Å². The number of alkyl halides is 3. The molecule has 11 heteroatoms. The summed E-state index contributed by atoms with van der Waals surface area (Å²) in [7, 11) is 0.469. The lowest BCUT2D eigenvalue weighted by Crippen LogP contribution is -2.46. The number of sulfone groups is 1. The number of amides is 1. The van der Waals surface area contributed by atoms with Gasteiger partial charge < -0.3 is 14.9 Å². The zero-order valence-electron chi connectivity index (χ0n) is 15.9. The first-order valence-electron chi connectivity index (χ1n) is 8.62. The number of carbonyl (C=O) groups is 2. The van der Waals surface area contributed by atoms with E-state index in [1.165, 1.54) is 0 Å². The van der Waals surface area contributed by atoms with E-state index < -0.39 is 22.0 Å². The van der Waals surface area contributed by atoms with E-state index in [1.54, 1.807) is 19.0 Å². The summed E-state index contributed by atoms with van der Waals surface area (Å²) in [4.78, 5) is 25.0. The van der Waals surface area contributed by atoms with Crippen LogP contribution in [0.15, 0.2) is 0 Å². The fourth-order valence-corrected chi connectivity index (χ4v) is 5.74. The molecule has 7 nitrogen and oxygen atoms in total. The minimum atomic E-state index is -5.08. The molecule has 2 fully saturated rings. The third-order valence-electron chi connectivity index (χ3n) is 4.70. The number of hydrogen-bond acceptors (Lipinski definition) is 5. The molecule has 2 saturated heterocycles. The normalized spacial score (nSPS) is 27.5. The predicted octanol–water partition coefficient (Wildman–Crippen LogP) is 1.10. The van der Waals surface area contributed by atoms with E-state index in [1.807, 2.05) is 0 Å². The highest BCUT2D eigenvalue weighted by molar-refractivity contribution is 7.92. The van der Waals surface area contributed by atoms with Crippen LogP contribution >= 0.6 is 0 Å². The van der Waals surface area contributed by atoms with E-state index in [0.29, 0.717) is 18.9 Å². The molecule has 0 spiro atoms. The summed E-state index contributed by atoms with van der Waals surface area (Å²) in [6.45, 7) is 6.53. The van der Waals surface area contributed by atoms with E-state index in [4.69, 9.17) is 9.90 Å². The molecular weight excluding hydrogens is 389 g/mol. The van der Waals surface area contributed by atoms with Crippen LogP contribution in [0.2, 0.25) is 0 Å². The molecule has 3 atom stereocenters. The van der Waals surface area contributed by atoms with Crippen LogP contribution in [-0.4, -0.2) is 86.1 Å². The molecule has 0 aromatic carbocycles. The number of rotatable bonds is 3. The average Bonchev–Trinajstić information content (AvgIpc) is 2.90. The Morgan fingerprint density at radius 1 is 1.22 bits per heavy atom. The van der Waals surface area contributed by atoms with Gasteiger partial charge in [0.2, 0.25) is 5.91 Å². The predicted molar refractivity (Wildman–Crippen MR) is 92.8 cm³/mol. The van der Waals surface area contributed by atoms with Crippen LogP contribution in [0, 0.1) is 17.8 Å². The lowest BCUT2D eigenvalue weighted by Gasteiger charge is -2.33. The molecule has 2 heterocycles. The van der Waals surface area contributed by atoms with Crippen LogP contribution in [0.4, 0.5) is 13.2 Å². The first-order valence-corrected chi connectivity index (χ1v) is 10.3. The number of fused-ring (bicyclic) bond motifs is 1. The second-order valence-corrected chi connectivity index (χ2v) is 9.95. The number of likely N-dealkylation sites (tertiary alicyclic amines) is 1. The highest BCUT2D eigenvalue weighted by Crippen LogP contribution is 2.37. The summed E-state index contributed by atoms with van der Waals surface area (Å²) in [6.07, 6.45) is -4.60. The maximum atomic E-state index is 12.3. The van der Waals surface area contributed by atoms with Crippen molar-refractivity contribution in [3.63, 3.8) is 0 Å². The minimum Gasteiger partial charge on any atom is -0.475 e. The summed E-state index contributed by atoms with van der Waals surface area (Å²) in [5, 5.41) is 6.78. The van der Waals surface area contributed by atoms with Crippen molar-refractivity contribution in [2.45, 2.75) is 31.7 Å². The third-order valence-corrected chi connectivity index (χ3v) is 6.93. The molecule has 158 valence electrons. The molecule has 0 bridgehead atoms. The van der Waals surface area contributed by atoms with Crippen molar-refractivity contribution in [3.05, 3.63) is 0 Å². The number of halogens is 3. The number of aliphatic carboxylic acids is 1. The minimum absolute atomic E-state index is 0.0256. The number of carboxylic acids is 1. The highest BCUT2D eigenvalue weighted by atomic mass is 32.2. The van der Waals surface area contributed by atoms with Crippen LogP contribution in [0.5, 0.6) is 0 Å². The lowest BCUT2D eigenvalue weighted by atomic mass is 9.87. The van der Waals surface area contributed by atoms with Crippen LogP contribution < -0.4 is 0 Å². The van der Waals surface area contributed by atoms with E-state index in [9.17, 15) is 26.4 Å². The topological polar surface area (TPSA) is 95.0 Å². The average molecular weight is 416 g/mol. The van der Waals surface area contributed by atoms with E-state index in [0.717, 1.165) is 13.1 Å². The molecule has 0 radical (unpaired) electrons. The Hall–Kier alpha value is -1.36. The number of nitrogens with zero attached hydrogens (tertiary/aromatic N) is 2. The SMILES string of the molecule is CC(C)CN1C[C@@H]2[C@@H](C(=O)N(C)C)CCS(=O)(=O)[C@@H]2C1.O=C(O)C(F)(F)F. The summed E-state index contributed by atoms with van der Waals surface area (Å²) >= 11 is 0. The van der Waals surface area contributed by atoms with Crippen molar-refractivity contribution >= 4 is 21.7 Å². The van der Waals surface area contributed by atoms with Gasteiger partial charge in [-0.15, -0.1) is 0 Å². The van der Waals surface area contributed by atoms with Crippen molar-refractivity contribution in [1.29, 1.82) is 0 Å². The van der Waals surface area contributed by atoms with Crippen molar-refractivity contribution in [2.75, 3.05) is 39.5 Å². The van der Waals surface area contributed by atoms with Gasteiger partial charge in [-0.1, -0.05) is 13.8 Å². The number of hydrogen-bond donors (Lipinski definition) is 1. The largest absolute Gasteiger partial charge is 0.490 e. The monoisotopic (exact) mass is 416 g/mol. The fraction of sp³-hybridized carbons (Fsp3) is 0.875. The van der Waals surface area contributed by atoms with Crippen molar-refractivity contribution in [2.24, 2.45) is 17.8 Å². The van der Waals surface area contributed by atoms with Gasteiger partial charge in [0.05, 0.1) is 11.0 Å². The molecule has 1 N–H and O–H groups in total. The van der Waals surface area contributed by atoms with Gasteiger partial charge in [0.15, 0.2) is 9.84 Å². The Kier molecular flexibility index (Phi) is 7.69. The second-order valence-electron chi connectivity index (χ2n) is 7.61. The molecule has 2 aliphatic rings. The zero-order valence-corrected chi connectivity index (χ0v) is 16.7. The molecule has 0 saturated carbocycles. The van der Waals surface area contributed by atoms with E-state index in [2.05, 4.69) is 18.7 Å². The molecule has 0 aromatic heterocycles. The van der Waals surface area contributed by atoms with Crippen LogP contribution in [0.1, 0.15) is 20.3 Å². The first kappa shape index (κ1) is 23.7. The Morgan fingerprint density at radius 3 is 2.15 bits per heavy atom. The van der Waals surface area contributed by atoms with Gasteiger partial charge in [-0.2, -0.15) is 13.2 Å². The zero-order chi connectivity index (χ0) is 21.2. The van der Waals surface area contributed by atoms with Gasteiger partial charge in [0.1, 0.15) is 0 Å². The van der Waals surface area contributed by atoms with Gasteiger partial charge in [-0.3, -0.25) is 4.79 Å². The van der Waals surface area contributed by atoms with Gasteiger partial charge >= 0.3 is 12.1 Å². The van der Waals surface area contributed by atoms with Crippen LogP contribution in [0.25, 0.3) is 0 Å². The Morgan fingerprint density at radius 2 is 1.74 bits per heavy atom. The summed E-state index contributed by atoms with van der Waals surface area (Å²) in [5.74, 6) is -2.15. The first-order chi connectivity index (χ1) is 12.2. The van der Waals surface area contributed by atoms with Crippen molar-refractivity contribution in [1.82, 2.24) is 9.80 Å². The molecule has 0 aliphatic carbocycles. The summed E-state index contributed by atoms with van der Waals surface area (Å²) in [5.41, 5.74) is 0. The van der Waals surface area contributed by atoms with Crippen molar-refractivity contribution in [3.8, 4) is 0 Å². The molecule has 27 heavy (non-hydrogen) atoms. The smallest absolute Gasteiger partial charge is 0.475 e. The molecule has 1 amide bonds. The molecule has 2 aliphatic heterocycles.